The molecule has 0 saturated carbocycles. The van der Waals surface area contributed by atoms with Gasteiger partial charge in [0.2, 0.25) is 11.6 Å². The predicted octanol–water partition coefficient (Wildman–Crippen LogP) is 6.50. The van der Waals surface area contributed by atoms with E-state index >= 15 is 0 Å². The van der Waals surface area contributed by atoms with Crippen LogP contribution in [0.15, 0.2) is 16.5 Å². The summed E-state index contributed by atoms with van der Waals surface area (Å²) in [6.07, 6.45) is 3.13. The molecule has 0 saturated heterocycles. The van der Waals surface area contributed by atoms with E-state index in [1.54, 1.807) is 0 Å². The fourth-order valence-corrected chi connectivity index (χ4v) is 2.86. The summed E-state index contributed by atoms with van der Waals surface area (Å²) in [5, 5.41) is -0.915. The van der Waals surface area contributed by atoms with Crippen LogP contribution in [0.1, 0.15) is 39.5 Å². The first kappa shape index (κ1) is 19.3. The van der Waals surface area contributed by atoms with E-state index < -0.39 is 34.0 Å². The first-order chi connectivity index (χ1) is 13.0. The zero-order chi connectivity index (χ0) is 19.6. The molecule has 0 N–H and O–H groups in total. The Morgan fingerprint density at radius 1 is 0.704 bits per heavy atom. The summed E-state index contributed by atoms with van der Waals surface area (Å²) in [4.78, 5) is 0. The van der Waals surface area contributed by atoms with Crippen molar-refractivity contribution in [3.8, 4) is 11.5 Å². The van der Waals surface area contributed by atoms with E-state index in [9.17, 15) is 17.6 Å². The molecule has 0 aliphatic heterocycles. The fraction of sp³-hybridized carbons (Fsp3) is 0.400. The Balaban J connectivity index is 2.10. The van der Waals surface area contributed by atoms with Crippen molar-refractivity contribution >= 4 is 21.9 Å². The van der Waals surface area contributed by atoms with Gasteiger partial charge in [-0.05, 0) is 12.8 Å². The molecule has 1 heterocycles. The molecule has 0 aliphatic rings. The van der Waals surface area contributed by atoms with Gasteiger partial charge in [-0.25, -0.2) is 8.78 Å². The second-order valence-electron chi connectivity index (χ2n) is 6.26. The highest BCUT2D eigenvalue weighted by atomic mass is 19.2. The SMILES string of the molecule is CCCCCOc1cc2oc3cc(OCCC)c(F)c(F)c3c2c(F)c1F. The molecule has 2 aromatic carbocycles. The van der Waals surface area contributed by atoms with Crippen molar-refractivity contribution in [2.75, 3.05) is 13.2 Å². The lowest BCUT2D eigenvalue weighted by atomic mass is 10.1. The molecule has 3 aromatic rings. The second-order valence-corrected chi connectivity index (χ2v) is 6.26. The van der Waals surface area contributed by atoms with Crippen LogP contribution in [0, 0.1) is 23.3 Å². The average molecular weight is 384 g/mol. The largest absolute Gasteiger partial charge is 0.490 e. The van der Waals surface area contributed by atoms with E-state index in [-0.39, 0.29) is 35.9 Å². The molecule has 0 bridgehead atoms. The van der Waals surface area contributed by atoms with Crippen LogP contribution in [0.3, 0.4) is 0 Å². The highest BCUT2D eigenvalue weighted by molar-refractivity contribution is 6.06. The molecule has 1 aromatic heterocycles. The third kappa shape index (κ3) is 3.55. The van der Waals surface area contributed by atoms with Crippen molar-refractivity contribution < 1.29 is 31.5 Å². The maximum atomic E-state index is 14.6. The number of hydrogen-bond donors (Lipinski definition) is 0. The van der Waals surface area contributed by atoms with Crippen molar-refractivity contribution in [2.45, 2.75) is 39.5 Å². The number of benzene rings is 2. The minimum atomic E-state index is -1.34. The van der Waals surface area contributed by atoms with Gasteiger partial charge >= 0.3 is 0 Å². The molecule has 0 fully saturated rings. The van der Waals surface area contributed by atoms with Crippen molar-refractivity contribution in [2.24, 2.45) is 0 Å². The van der Waals surface area contributed by atoms with Crippen LogP contribution >= 0.6 is 0 Å². The molecule has 7 heteroatoms. The van der Waals surface area contributed by atoms with Crippen LogP contribution in [-0.4, -0.2) is 13.2 Å². The zero-order valence-corrected chi connectivity index (χ0v) is 15.1. The number of halogens is 4. The maximum absolute atomic E-state index is 14.6. The molecular weight excluding hydrogens is 364 g/mol. The molecule has 27 heavy (non-hydrogen) atoms. The Hall–Kier alpha value is -2.44. The third-order valence-corrected chi connectivity index (χ3v) is 4.21. The minimum Gasteiger partial charge on any atom is -0.490 e. The Morgan fingerprint density at radius 3 is 1.70 bits per heavy atom. The van der Waals surface area contributed by atoms with Crippen LogP contribution < -0.4 is 9.47 Å². The summed E-state index contributed by atoms with van der Waals surface area (Å²) in [5.74, 6) is -5.85. The molecule has 0 radical (unpaired) electrons. The highest BCUT2D eigenvalue weighted by Gasteiger charge is 2.25. The van der Waals surface area contributed by atoms with E-state index in [1.807, 2.05) is 13.8 Å². The zero-order valence-electron chi connectivity index (χ0n) is 15.1. The molecule has 0 aliphatic carbocycles. The summed E-state index contributed by atoms with van der Waals surface area (Å²) in [5.41, 5.74) is -0.253. The van der Waals surface area contributed by atoms with Gasteiger partial charge in [0.25, 0.3) is 0 Å². The van der Waals surface area contributed by atoms with Crippen LogP contribution in [0.2, 0.25) is 0 Å². The van der Waals surface area contributed by atoms with Crippen molar-refractivity contribution in [1.29, 1.82) is 0 Å². The fourth-order valence-electron chi connectivity index (χ4n) is 2.86. The molecule has 3 rings (SSSR count). The van der Waals surface area contributed by atoms with Gasteiger partial charge in [0, 0.05) is 12.1 Å². The van der Waals surface area contributed by atoms with Gasteiger partial charge in [-0.15, -0.1) is 0 Å². The van der Waals surface area contributed by atoms with Crippen LogP contribution in [0.25, 0.3) is 21.9 Å². The molecule has 0 spiro atoms. The minimum absolute atomic E-state index is 0.125. The monoisotopic (exact) mass is 384 g/mol. The number of ether oxygens (including phenoxy) is 2. The summed E-state index contributed by atoms with van der Waals surface area (Å²) in [6.45, 7) is 4.22. The second kappa shape index (κ2) is 8.06. The van der Waals surface area contributed by atoms with E-state index in [0.717, 1.165) is 25.0 Å². The predicted molar refractivity (Wildman–Crippen MR) is 94.4 cm³/mol. The van der Waals surface area contributed by atoms with E-state index in [2.05, 4.69) is 0 Å². The van der Waals surface area contributed by atoms with Crippen molar-refractivity contribution in [1.82, 2.24) is 0 Å². The normalized spacial score (nSPS) is 11.5. The topological polar surface area (TPSA) is 31.6 Å². The number of rotatable bonds is 8. The van der Waals surface area contributed by atoms with Gasteiger partial charge in [-0.2, -0.15) is 8.78 Å². The number of furan rings is 1. The summed E-state index contributed by atoms with van der Waals surface area (Å²) in [7, 11) is 0. The van der Waals surface area contributed by atoms with Crippen LogP contribution in [0.4, 0.5) is 17.6 Å². The number of fused-ring (bicyclic) bond motifs is 3. The third-order valence-electron chi connectivity index (χ3n) is 4.21. The molecule has 3 nitrogen and oxygen atoms in total. The van der Waals surface area contributed by atoms with Gasteiger partial charge in [0.15, 0.2) is 23.1 Å². The standard InChI is InChI=1S/C20H20F4O3/c1-3-5-6-8-26-14-10-12-16(20(24)18(14)22)15-11(27-12)9-13(25-7-4-2)17(21)19(15)23/h9-10H,3-8H2,1-2H3. The Bertz CT molecular complexity index is 965. The van der Waals surface area contributed by atoms with Gasteiger partial charge in [0.1, 0.15) is 11.2 Å². The molecular formula is C20H20F4O3. The quantitative estimate of drug-likeness (QED) is 0.328. The van der Waals surface area contributed by atoms with E-state index in [4.69, 9.17) is 13.9 Å². The Kier molecular flexibility index (Phi) is 5.77. The van der Waals surface area contributed by atoms with Crippen LogP contribution in [-0.2, 0) is 0 Å². The molecule has 0 unspecified atom stereocenters. The molecule has 0 amide bonds. The van der Waals surface area contributed by atoms with Crippen molar-refractivity contribution in [3.63, 3.8) is 0 Å². The van der Waals surface area contributed by atoms with Gasteiger partial charge in [-0.3, -0.25) is 0 Å². The first-order valence-corrected chi connectivity index (χ1v) is 8.97. The lowest BCUT2D eigenvalue weighted by Gasteiger charge is -2.08. The Morgan fingerprint density at radius 2 is 1.22 bits per heavy atom. The highest BCUT2D eigenvalue weighted by Crippen LogP contribution is 2.40. The Labute approximate surface area is 153 Å². The van der Waals surface area contributed by atoms with Gasteiger partial charge < -0.3 is 13.9 Å². The van der Waals surface area contributed by atoms with Crippen LogP contribution in [0.5, 0.6) is 11.5 Å². The number of hydrogen-bond acceptors (Lipinski definition) is 3. The first-order valence-electron chi connectivity index (χ1n) is 8.97. The maximum Gasteiger partial charge on any atom is 0.201 e. The number of unbranched alkanes of at least 4 members (excludes halogenated alkanes) is 2. The van der Waals surface area contributed by atoms with Gasteiger partial charge in [-0.1, -0.05) is 26.7 Å². The average Bonchev–Trinajstić information content (AvgIpc) is 3.02. The summed E-state index contributed by atoms with van der Waals surface area (Å²) >= 11 is 0. The van der Waals surface area contributed by atoms with E-state index in [0.29, 0.717) is 12.8 Å². The molecule has 146 valence electrons. The smallest absolute Gasteiger partial charge is 0.201 e. The summed E-state index contributed by atoms with van der Waals surface area (Å²) in [6, 6.07) is 2.30. The lowest BCUT2D eigenvalue weighted by Crippen LogP contribution is -2.01. The summed E-state index contributed by atoms with van der Waals surface area (Å²) < 4.78 is 73.5. The molecule has 0 atom stereocenters. The van der Waals surface area contributed by atoms with Gasteiger partial charge in [0.05, 0.1) is 24.0 Å². The lowest BCUT2D eigenvalue weighted by molar-refractivity contribution is 0.287. The van der Waals surface area contributed by atoms with E-state index in [1.165, 1.54) is 0 Å². The van der Waals surface area contributed by atoms with Crippen molar-refractivity contribution in [3.05, 3.63) is 35.4 Å².